The van der Waals surface area contributed by atoms with E-state index < -0.39 is 5.82 Å². The molecular formula is C23H21ClFN3O3. The van der Waals surface area contributed by atoms with Gasteiger partial charge in [-0.15, -0.1) is 0 Å². The Morgan fingerprint density at radius 3 is 2.42 bits per heavy atom. The van der Waals surface area contributed by atoms with Gasteiger partial charge in [-0.2, -0.15) is 0 Å². The summed E-state index contributed by atoms with van der Waals surface area (Å²) < 4.78 is 19.0. The summed E-state index contributed by atoms with van der Waals surface area (Å²) in [4.78, 5) is 33.3. The SMILES string of the molecule is Cc1oc(-c2ccccc2)nc1CC(=O)N1CCN(C(=O)c2ccc(F)cc2Cl)CC1. The second kappa shape index (κ2) is 8.89. The lowest BCUT2D eigenvalue weighted by atomic mass is 10.1. The van der Waals surface area contributed by atoms with E-state index in [9.17, 15) is 14.0 Å². The Morgan fingerprint density at radius 2 is 1.74 bits per heavy atom. The van der Waals surface area contributed by atoms with Gasteiger partial charge < -0.3 is 14.2 Å². The van der Waals surface area contributed by atoms with E-state index in [1.807, 2.05) is 30.3 Å². The normalized spacial score (nSPS) is 14.0. The van der Waals surface area contributed by atoms with Gasteiger partial charge in [0.05, 0.1) is 22.7 Å². The van der Waals surface area contributed by atoms with Crippen LogP contribution in [0.1, 0.15) is 21.8 Å². The Morgan fingerprint density at radius 1 is 1.06 bits per heavy atom. The van der Waals surface area contributed by atoms with Crippen molar-refractivity contribution in [3.63, 3.8) is 0 Å². The lowest BCUT2D eigenvalue weighted by Crippen LogP contribution is -2.51. The van der Waals surface area contributed by atoms with Gasteiger partial charge in [-0.3, -0.25) is 9.59 Å². The number of amides is 2. The minimum atomic E-state index is -0.490. The van der Waals surface area contributed by atoms with Crippen LogP contribution in [-0.4, -0.2) is 52.8 Å². The third-order valence-corrected chi connectivity index (χ3v) is 5.63. The van der Waals surface area contributed by atoms with Crippen LogP contribution in [0.2, 0.25) is 5.02 Å². The number of carbonyl (C=O) groups is 2. The molecule has 2 amide bonds. The number of benzene rings is 2. The van der Waals surface area contributed by atoms with Crippen LogP contribution < -0.4 is 0 Å². The maximum Gasteiger partial charge on any atom is 0.255 e. The summed E-state index contributed by atoms with van der Waals surface area (Å²) in [6.45, 7) is 3.37. The van der Waals surface area contributed by atoms with Gasteiger partial charge in [0, 0.05) is 31.7 Å². The minimum Gasteiger partial charge on any atom is -0.441 e. The Bertz CT molecular complexity index is 1110. The molecule has 8 heteroatoms. The zero-order valence-corrected chi connectivity index (χ0v) is 17.7. The topological polar surface area (TPSA) is 66.7 Å². The molecule has 0 aliphatic carbocycles. The lowest BCUT2D eigenvalue weighted by Gasteiger charge is -2.35. The number of hydrogen-bond acceptors (Lipinski definition) is 4. The van der Waals surface area contributed by atoms with Crippen LogP contribution in [0.4, 0.5) is 4.39 Å². The average Bonchev–Trinajstić information content (AvgIpc) is 3.14. The zero-order chi connectivity index (χ0) is 22.0. The highest BCUT2D eigenvalue weighted by atomic mass is 35.5. The van der Waals surface area contributed by atoms with Crippen LogP contribution in [0, 0.1) is 12.7 Å². The number of nitrogens with zero attached hydrogens (tertiary/aromatic N) is 3. The third kappa shape index (κ3) is 4.61. The number of halogens is 2. The van der Waals surface area contributed by atoms with Gasteiger partial charge in [0.25, 0.3) is 5.91 Å². The Kier molecular flexibility index (Phi) is 6.04. The maximum absolute atomic E-state index is 13.2. The summed E-state index contributed by atoms with van der Waals surface area (Å²) in [5.74, 6) is 0.287. The fourth-order valence-corrected chi connectivity index (χ4v) is 3.79. The van der Waals surface area contributed by atoms with Crippen molar-refractivity contribution < 1.29 is 18.4 Å². The van der Waals surface area contributed by atoms with E-state index in [0.717, 1.165) is 11.6 Å². The van der Waals surface area contributed by atoms with Crippen LogP contribution in [0.5, 0.6) is 0 Å². The van der Waals surface area contributed by atoms with Gasteiger partial charge in [0.15, 0.2) is 0 Å². The van der Waals surface area contributed by atoms with E-state index in [1.165, 1.54) is 12.1 Å². The second-order valence-corrected chi connectivity index (χ2v) is 7.77. The molecule has 6 nitrogen and oxygen atoms in total. The highest BCUT2D eigenvalue weighted by Gasteiger charge is 2.27. The van der Waals surface area contributed by atoms with Crippen molar-refractivity contribution in [1.29, 1.82) is 0 Å². The fourth-order valence-electron chi connectivity index (χ4n) is 3.54. The van der Waals surface area contributed by atoms with E-state index in [1.54, 1.807) is 16.7 Å². The largest absolute Gasteiger partial charge is 0.441 e. The van der Waals surface area contributed by atoms with Crippen LogP contribution in [0.3, 0.4) is 0 Å². The first-order valence-corrected chi connectivity index (χ1v) is 10.3. The maximum atomic E-state index is 13.2. The molecule has 0 N–H and O–H groups in total. The van der Waals surface area contributed by atoms with Crippen LogP contribution >= 0.6 is 11.6 Å². The van der Waals surface area contributed by atoms with Crippen LogP contribution in [-0.2, 0) is 11.2 Å². The van der Waals surface area contributed by atoms with Crippen molar-refractivity contribution in [2.45, 2.75) is 13.3 Å². The molecule has 31 heavy (non-hydrogen) atoms. The van der Waals surface area contributed by atoms with Crippen molar-refractivity contribution in [3.8, 4) is 11.5 Å². The molecule has 4 rings (SSSR count). The predicted octanol–water partition coefficient (Wildman–Crippen LogP) is 3.97. The summed E-state index contributed by atoms with van der Waals surface area (Å²) in [5, 5.41) is 0.0826. The summed E-state index contributed by atoms with van der Waals surface area (Å²) in [6.07, 6.45) is 0.139. The van der Waals surface area contributed by atoms with Gasteiger partial charge in [-0.05, 0) is 37.3 Å². The summed E-state index contributed by atoms with van der Waals surface area (Å²) >= 11 is 6.01. The number of aromatic nitrogens is 1. The zero-order valence-electron chi connectivity index (χ0n) is 17.0. The van der Waals surface area contributed by atoms with Crippen molar-refractivity contribution in [3.05, 3.63) is 76.4 Å². The monoisotopic (exact) mass is 441 g/mol. The minimum absolute atomic E-state index is 0.0667. The van der Waals surface area contributed by atoms with Gasteiger partial charge in [0.1, 0.15) is 11.6 Å². The number of piperazine rings is 1. The molecule has 0 spiro atoms. The van der Waals surface area contributed by atoms with Gasteiger partial charge in [0.2, 0.25) is 11.8 Å². The van der Waals surface area contributed by atoms with Crippen molar-refractivity contribution in [2.24, 2.45) is 0 Å². The molecule has 0 unspecified atom stereocenters. The standard InChI is InChI=1S/C23H21ClFN3O3/c1-15-20(26-22(31-15)16-5-3-2-4-6-16)14-21(29)27-9-11-28(12-10-27)23(30)18-8-7-17(25)13-19(18)24/h2-8,13H,9-12,14H2,1H3. The van der Waals surface area contributed by atoms with Crippen LogP contribution in [0.15, 0.2) is 52.9 Å². The molecule has 0 radical (unpaired) electrons. The van der Waals surface area contributed by atoms with Gasteiger partial charge in [-0.25, -0.2) is 9.37 Å². The highest BCUT2D eigenvalue weighted by molar-refractivity contribution is 6.33. The predicted molar refractivity (Wildman–Crippen MR) is 114 cm³/mol. The molecule has 1 fully saturated rings. The lowest BCUT2D eigenvalue weighted by molar-refractivity contribution is -0.132. The fraction of sp³-hybridized carbons (Fsp3) is 0.261. The third-order valence-electron chi connectivity index (χ3n) is 5.31. The second-order valence-electron chi connectivity index (χ2n) is 7.36. The molecule has 1 aliphatic heterocycles. The van der Waals surface area contributed by atoms with E-state index >= 15 is 0 Å². The van der Waals surface area contributed by atoms with Crippen molar-refractivity contribution >= 4 is 23.4 Å². The van der Waals surface area contributed by atoms with Crippen molar-refractivity contribution in [1.82, 2.24) is 14.8 Å². The number of oxazole rings is 1. The molecule has 2 heterocycles. The average molecular weight is 442 g/mol. The summed E-state index contributed by atoms with van der Waals surface area (Å²) in [7, 11) is 0. The number of hydrogen-bond donors (Lipinski definition) is 0. The first kappa shape index (κ1) is 21.1. The van der Waals surface area contributed by atoms with Gasteiger partial charge >= 0.3 is 0 Å². The quantitative estimate of drug-likeness (QED) is 0.614. The first-order valence-electron chi connectivity index (χ1n) is 9.96. The molecular weight excluding hydrogens is 421 g/mol. The number of aryl methyl sites for hydroxylation is 1. The number of rotatable bonds is 4. The Balaban J connectivity index is 1.37. The molecule has 2 aromatic carbocycles. The number of carbonyl (C=O) groups excluding carboxylic acids is 2. The van der Waals surface area contributed by atoms with E-state index in [2.05, 4.69) is 4.98 Å². The molecule has 160 valence electrons. The molecule has 1 aromatic heterocycles. The summed E-state index contributed by atoms with van der Waals surface area (Å²) in [5.41, 5.74) is 1.73. The molecule has 1 saturated heterocycles. The molecule has 0 saturated carbocycles. The smallest absolute Gasteiger partial charge is 0.255 e. The van der Waals surface area contributed by atoms with Crippen molar-refractivity contribution in [2.75, 3.05) is 26.2 Å². The Hall–Kier alpha value is -3.19. The summed E-state index contributed by atoms with van der Waals surface area (Å²) in [6, 6.07) is 13.2. The van der Waals surface area contributed by atoms with E-state index in [0.29, 0.717) is 43.5 Å². The first-order chi connectivity index (χ1) is 14.9. The Labute approximate surface area is 184 Å². The van der Waals surface area contributed by atoms with Crippen LogP contribution in [0.25, 0.3) is 11.5 Å². The molecule has 0 atom stereocenters. The molecule has 3 aromatic rings. The molecule has 1 aliphatic rings. The van der Waals surface area contributed by atoms with Gasteiger partial charge in [-0.1, -0.05) is 29.8 Å². The van der Waals surface area contributed by atoms with E-state index in [4.69, 9.17) is 16.0 Å². The highest BCUT2D eigenvalue weighted by Crippen LogP contribution is 2.23. The van der Waals surface area contributed by atoms with E-state index in [-0.39, 0.29) is 28.8 Å². The molecule has 0 bridgehead atoms.